The molecule has 3 aromatic rings. The van der Waals surface area contributed by atoms with Gasteiger partial charge in [0.25, 0.3) is 0 Å². The molecule has 1 saturated heterocycles. The first-order valence-corrected chi connectivity index (χ1v) is 10.9. The number of nitrogens with zero attached hydrogens (tertiary/aromatic N) is 1. The molecule has 0 N–H and O–H groups in total. The molecule has 0 radical (unpaired) electrons. The van der Waals surface area contributed by atoms with Crippen molar-refractivity contribution in [3.63, 3.8) is 0 Å². The molecule has 0 unspecified atom stereocenters. The van der Waals surface area contributed by atoms with Crippen molar-refractivity contribution in [2.75, 3.05) is 20.2 Å². The molecule has 1 heterocycles. The fraction of sp³-hybridized carbons (Fsp3) is 0.250. The maximum absolute atomic E-state index is 11.7. The highest BCUT2D eigenvalue weighted by molar-refractivity contribution is 5.94. The second kappa shape index (κ2) is 9.76. The number of methoxy groups -OCH3 is 1. The Morgan fingerprint density at radius 2 is 1.39 bits per heavy atom. The summed E-state index contributed by atoms with van der Waals surface area (Å²) in [6, 6.07) is 27.1. The van der Waals surface area contributed by atoms with Crippen molar-refractivity contribution in [3.8, 4) is 5.75 Å². The van der Waals surface area contributed by atoms with Gasteiger partial charge in [-0.3, -0.25) is 9.69 Å². The van der Waals surface area contributed by atoms with Gasteiger partial charge in [-0.05, 0) is 54.2 Å². The number of hydrogen-bond donors (Lipinski definition) is 0. The molecule has 0 amide bonds. The molecule has 158 valence electrons. The van der Waals surface area contributed by atoms with Crippen LogP contribution in [-0.4, -0.2) is 30.9 Å². The van der Waals surface area contributed by atoms with Gasteiger partial charge < -0.3 is 4.74 Å². The molecule has 31 heavy (non-hydrogen) atoms. The van der Waals surface area contributed by atoms with Gasteiger partial charge in [0.15, 0.2) is 5.78 Å². The Morgan fingerprint density at radius 1 is 0.806 bits per heavy atom. The molecule has 0 aromatic heterocycles. The second-order valence-electron chi connectivity index (χ2n) is 8.10. The number of rotatable bonds is 6. The first-order valence-electron chi connectivity index (χ1n) is 10.9. The average Bonchev–Trinajstić information content (AvgIpc) is 2.82. The fourth-order valence-corrected chi connectivity index (χ4v) is 4.27. The third-order valence-corrected chi connectivity index (χ3v) is 6.02. The van der Waals surface area contributed by atoms with E-state index in [4.69, 9.17) is 4.74 Å². The number of ketones is 1. The van der Waals surface area contributed by atoms with Crippen LogP contribution in [0.15, 0.2) is 84.4 Å². The monoisotopic (exact) mass is 411 g/mol. The van der Waals surface area contributed by atoms with Crippen LogP contribution >= 0.6 is 0 Å². The number of carbonyl (C=O) groups is 1. The van der Waals surface area contributed by atoms with Crippen molar-refractivity contribution < 1.29 is 9.53 Å². The number of benzene rings is 3. The molecule has 4 rings (SSSR count). The first-order chi connectivity index (χ1) is 15.1. The Morgan fingerprint density at radius 3 is 1.97 bits per heavy atom. The van der Waals surface area contributed by atoms with Crippen molar-refractivity contribution in [2.24, 2.45) is 0 Å². The number of hydrogen-bond acceptors (Lipinski definition) is 3. The predicted octanol–water partition coefficient (Wildman–Crippen LogP) is 6.00. The lowest BCUT2D eigenvalue weighted by molar-refractivity contribution is 0.101. The maximum atomic E-state index is 11.7. The van der Waals surface area contributed by atoms with Crippen LogP contribution in [0.1, 0.15) is 46.8 Å². The van der Waals surface area contributed by atoms with E-state index in [1.807, 2.05) is 24.3 Å². The summed E-state index contributed by atoms with van der Waals surface area (Å²) in [7, 11) is 1.70. The molecule has 0 atom stereocenters. The van der Waals surface area contributed by atoms with Crippen molar-refractivity contribution >= 4 is 11.4 Å². The molecular formula is C28H29NO2. The van der Waals surface area contributed by atoms with Crippen molar-refractivity contribution in [1.82, 2.24) is 4.90 Å². The van der Waals surface area contributed by atoms with Crippen LogP contribution < -0.4 is 4.74 Å². The number of Topliss-reactive ketones (excluding diaryl/α,β-unsaturated/α-hetero) is 1. The quantitative estimate of drug-likeness (QED) is 0.466. The minimum Gasteiger partial charge on any atom is -0.497 e. The number of carbonyl (C=O) groups excluding carboxylic acids is 1. The van der Waals surface area contributed by atoms with Crippen molar-refractivity contribution in [2.45, 2.75) is 26.3 Å². The highest BCUT2D eigenvalue weighted by atomic mass is 16.5. The summed E-state index contributed by atoms with van der Waals surface area (Å²) in [5.41, 5.74) is 7.32. The van der Waals surface area contributed by atoms with Crippen LogP contribution in [0.3, 0.4) is 0 Å². The molecule has 1 aliphatic rings. The normalized spacial score (nSPS) is 14.3. The number of likely N-dealkylation sites (tertiary alicyclic amines) is 1. The summed E-state index contributed by atoms with van der Waals surface area (Å²) in [4.78, 5) is 14.2. The van der Waals surface area contributed by atoms with E-state index in [-0.39, 0.29) is 5.78 Å². The number of piperidine rings is 1. The van der Waals surface area contributed by atoms with E-state index < -0.39 is 0 Å². The molecule has 1 aliphatic heterocycles. The van der Waals surface area contributed by atoms with Gasteiger partial charge in [-0.1, -0.05) is 72.3 Å². The molecular weight excluding hydrogens is 382 g/mol. The Hall–Kier alpha value is -3.17. The Labute approximate surface area is 185 Å². The highest BCUT2D eigenvalue weighted by Crippen LogP contribution is 2.33. The maximum Gasteiger partial charge on any atom is 0.159 e. The van der Waals surface area contributed by atoms with Gasteiger partial charge in [0.1, 0.15) is 5.75 Å². The fourth-order valence-electron chi connectivity index (χ4n) is 4.27. The average molecular weight is 412 g/mol. The lowest BCUT2D eigenvalue weighted by atomic mass is 9.88. The summed E-state index contributed by atoms with van der Waals surface area (Å²) >= 11 is 0. The summed E-state index contributed by atoms with van der Waals surface area (Å²) in [6.07, 6.45) is 2.10. The molecule has 0 saturated carbocycles. The minimum absolute atomic E-state index is 0.104. The van der Waals surface area contributed by atoms with Crippen LogP contribution in [0.2, 0.25) is 0 Å². The van der Waals surface area contributed by atoms with Gasteiger partial charge in [-0.2, -0.15) is 0 Å². The van der Waals surface area contributed by atoms with Crippen molar-refractivity contribution in [3.05, 3.63) is 107 Å². The minimum atomic E-state index is 0.104. The van der Waals surface area contributed by atoms with E-state index in [0.717, 1.165) is 43.8 Å². The molecule has 3 aromatic carbocycles. The van der Waals surface area contributed by atoms with Gasteiger partial charge >= 0.3 is 0 Å². The lowest BCUT2D eigenvalue weighted by Gasteiger charge is -2.30. The summed E-state index contributed by atoms with van der Waals surface area (Å²) in [6.45, 7) is 4.67. The van der Waals surface area contributed by atoms with E-state index in [1.54, 1.807) is 14.0 Å². The summed E-state index contributed by atoms with van der Waals surface area (Å²) in [5.74, 6) is 1.00. The van der Waals surface area contributed by atoms with E-state index in [2.05, 4.69) is 59.5 Å². The first kappa shape index (κ1) is 21.1. The van der Waals surface area contributed by atoms with E-state index in [1.165, 1.54) is 27.8 Å². The zero-order valence-corrected chi connectivity index (χ0v) is 18.3. The Kier molecular flexibility index (Phi) is 6.63. The molecule has 3 heteroatoms. The predicted molar refractivity (Wildman–Crippen MR) is 126 cm³/mol. The largest absolute Gasteiger partial charge is 0.497 e. The molecule has 1 fully saturated rings. The molecule has 3 nitrogen and oxygen atoms in total. The summed E-state index contributed by atoms with van der Waals surface area (Å²) < 4.78 is 5.27. The zero-order valence-electron chi connectivity index (χ0n) is 18.3. The lowest BCUT2D eigenvalue weighted by Crippen LogP contribution is -2.30. The molecule has 0 spiro atoms. The molecule has 0 bridgehead atoms. The van der Waals surface area contributed by atoms with Gasteiger partial charge in [0.2, 0.25) is 0 Å². The smallest absolute Gasteiger partial charge is 0.159 e. The van der Waals surface area contributed by atoms with E-state index in [9.17, 15) is 4.79 Å². The van der Waals surface area contributed by atoms with Crippen LogP contribution in [-0.2, 0) is 6.54 Å². The van der Waals surface area contributed by atoms with Gasteiger partial charge in [0, 0.05) is 25.2 Å². The van der Waals surface area contributed by atoms with Gasteiger partial charge in [-0.15, -0.1) is 0 Å². The van der Waals surface area contributed by atoms with Gasteiger partial charge in [0.05, 0.1) is 7.11 Å². The molecule has 0 aliphatic carbocycles. The second-order valence-corrected chi connectivity index (χ2v) is 8.10. The standard InChI is InChI=1S/C28H29NO2/c1-21(30)23-10-12-25(13-11-23)28(24-6-4-3-5-7-24)26-16-18-29(19-17-26)20-22-8-14-27(31-2)15-9-22/h3-15H,16-20H2,1-2H3. The van der Waals surface area contributed by atoms with Crippen LogP contribution in [0.5, 0.6) is 5.75 Å². The Bertz CT molecular complexity index is 1040. The van der Waals surface area contributed by atoms with E-state index >= 15 is 0 Å². The van der Waals surface area contributed by atoms with E-state index in [0.29, 0.717) is 0 Å². The third-order valence-electron chi connectivity index (χ3n) is 6.02. The van der Waals surface area contributed by atoms with Crippen LogP contribution in [0.4, 0.5) is 0 Å². The van der Waals surface area contributed by atoms with Crippen LogP contribution in [0, 0.1) is 0 Å². The van der Waals surface area contributed by atoms with Crippen molar-refractivity contribution in [1.29, 1.82) is 0 Å². The Balaban J connectivity index is 1.55. The topological polar surface area (TPSA) is 29.5 Å². The third kappa shape index (κ3) is 5.12. The highest BCUT2D eigenvalue weighted by Gasteiger charge is 2.19. The number of ether oxygens (including phenoxy) is 1. The van der Waals surface area contributed by atoms with Gasteiger partial charge in [-0.25, -0.2) is 0 Å². The van der Waals surface area contributed by atoms with Crippen LogP contribution in [0.25, 0.3) is 5.57 Å². The zero-order chi connectivity index (χ0) is 21.6. The summed E-state index contributed by atoms with van der Waals surface area (Å²) in [5, 5.41) is 0. The SMILES string of the molecule is COc1ccc(CN2CCC(=C(c3ccccc3)c3ccc(C(C)=O)cc3)CC2)cc1.